The van der Waals surface area contributed by atoms with Crippen LogP contribution in [0, 0.1) is 5.92 Å². The molecule has 4 rings (SSSR count). The van der Waals surface area contributed by atoms with Crippen molar-refractivity contribution >= 4 is 24.0 Å². The van der Waals surface area contributed by atoms with Gasteiger partial charge in [-0.25, -0.2) is 19.4 Å². The number of hydrogen-bond acceptors (Lipinski definition) is 6. The lowest BCUT2D eigenvalue weighted by Crippen LogP contribution is -2.41. The van der Waals surface area contributed by atoms with Gasteiger partial charge >= 0.3 is 12.2 Å². The highest BCUT2D eigenvalue weighted by molar-refractivity contribution is 5.95. The average molecular weight is 1000 g/mol. The highest BCUT2D eigenvalue weighted by atomic mass is 16.6. The number of rotatable bonds is 31. The summed E-state index contributed by atoms with van der Waals surface area (Å²) in [5.41, 5.74) is 1.82. The van der Waals surface area contributed by atoms with E-state index in [1.807, 2.05) is 93.6 Å². The van der Waals surface area contributed by atoms with Gasteiger partial charge in [-0.2, -0.15) is 0 Å². The average Bonchev–Trinajstić information content (AvgIpc) is 3.89. The van der Waals surface area contributed by atoms with Gasteiger partial charge in [0.1, 0.15) is 12.2 Å². The molecule has 0 spiro atoms. The first-order valence-electron chi connectivity index (χ1n) is 27.2. The van der Waals surface area contributed by atoms with Crippen LogP contribution >= 0.6 is 0 Å². The zero-order chi connectivity index (χ0) is 53.3. The Hall–Kier alpha value is -6.80. The van der Waals surface area contributed by atoms with E-state index >= 15 is 0 Å². The van der Waals surface area contributed by atoms with Gasteiger partial charge < -0.3 is 9.47 Å². The molecule has 0 bridgehead atoms. The normalized spacial score (nSPS) is 19.1. The minimum absolute atomic E-state index is 0.150. The lowest BCUT2D eigenvalue weighted by atomic mass is 9.98. The Bertz CT molecular complexity index is 2270. The minimum Gasteiger partial charge on any atom is -0.439 e. The van der Waals surface area contributed by atoms with Crippen molar-refractivity contribution in [3.8, 4) is 0 Å². The van der Waals surface area contributed by atoms with Gasteiger partial charge in [-0.05, 0) is 121 Å². The van der Waals surface area contributed by atoms with Gasteiger partial charge in [0.2, 0.25) is 11.8 Å². The van der Waals surface area contributed by atoms with Gasteiger partial charge in [-0.1, -0.05) is 227 Å². The van der Waals surface area contributed by atoms with E-state index in [1.165, 1.54) is 9.80 Å². The summed E-state index contributed by atoms with van der Waals surface area (Å²) in [6, 6.07) is 18.5. The van der Waals surface area contributed by atoms with E-state index in [9.17, 15) is 19.2 Å². The lowest BCUT2D eigenvalue weighted by molar-refractivity contribution is -0.133. The van der Waals surface area contributed by atoms with Crippen molar-refractivity contribution < 1.29 is 28.7 Å². The standard InChI is InChI=1S/C34H45NO3.C32H41NO3/c1-4-6-7-8-9-10-11-12-13-14-15-16-17-18-19-20-21-23-26-30(5-2)33(36)35-29(3)32(38-34(35)37)31-27-24-22-25-28-31;1-3-4-5-6-7-8-9-10-11-12-13-14-15-16-17-18-19-20-24-27-30(34)33-28(2)31(36-32(33)35)29-25-22-21-23-26-29/h6-7,9-10,12-13,15-16,18-19,21-25,27-30,32H,4-5,8,11,14,17,20,26H2,1-3H3;4-5,7-8,10-11,13-14,16-17,19-23,25-26,28,31H,3,6,9,12,15,18,24,27H2,1-2H3/b7-6-,10-9-,13-12-,16-15-,19-18-,23-21-;5-4-,8-7-,11-10-,14-13-,17-16-,20-19-/t29-,30-,32?;28-,31?/m11/s1. The zero-order valence-corrected chi connectivity index (χ0v) is 45.2. The van der Waals surface area contributed by atoms with E-state index < -0.39 is 24.4 Å². The largest absolute Gasteiger partial charge is 0.439 e. The summed E-state index contributed by atoms with van der Waals surface area (Å²) in [5.74, 6) is -0.572. The number of carbonyl (C=O) groups is 4. The third-order valence-electron chi connectivity index (χ3n) is 12.3. The van der Waals surface area contributed by atoms with Crippen LogP contribution < -0.4 is 0 Å². The quantitative estimate of drug-likeness (QED) is 0.0699. The van der Waals surface area contributed by atoms with Gasteiger partial charge in [-0.3, -0.25) is 9.59 Å². The maximum absolute atomic E-state index is 13.1. The molecule has 2 aromatic carbocycles. The molecule has 4 amide bonds. The second-order valence-corrected chi connectivity index (χ2v) is 18.1. The Morgan fingerprint density at radius 3 is 1.11 bits per heavy atom. The number of nitrogens with zero attached hydrogens (tertiary/aromatic N) is 2. The van der Waals surface area contributed by atoms with Crippen LogP contribution in [0.2, 0.25) is 0 Å². The predicted molar refractivity (Wildman–Crippen MR) is 308 cm³/mol. The number of hydrogen-bond donors (Lipinski definition) is 0. The predicted octanol–water partition coefficient (Wildman–Crippen LogP) is 17.8. The van der Waals surface area contributed by atoms with Gasteiger partial charge in [0.05, 0.1) is 12.1 Å². The van der Waals surface area contributed by atoms with Gasteiger partial charge in [-0.15, -0.1) is 0 Å². The molecule has 8 heteroatoms. The summed E-state index contributed by atoms with van der Waals surface area (Å²) >= 11 is 0. The molecule has 5 atom stereocenters. The summed E-state index contributed by atoms with van der Waals surface area (Å²) < 4.78 is 11.0. The maximum Gasteiger partial charge on any atom is 0.417 e. The van der Waals surface area contributed by atoms with E-state index in [0.29, 0.717) is 25.7 Å². The number of ether oxygens (including phenoxy) is 2. The zero-order valence-electron chi connectivity index (χ0n) is 45.2. The molecular weight excluding hydrogens is 917 g/mol. The van der Waals surface area contributed by atoms with Crippen LogP contribution in [0.25, 0.3) is 0 Å². The molecule has 2 aromatic rings. The fraction of sp³-hybridized carbons (Fsp3) is 0.394. The molecule has 0 saturated carbocycles. The number of cyclic esters (lactones) is 2. The maximum atomic E-state index is 13.1. The second kappa shape index (κ2) is 39.7. The minimum atomic E-state index is -0.552. The van der Waals surface area contributed by atoms with Gasteiger partial charge in [0.25, 0.3) is 0 Å². The van der Waals surface area contributed by atoms with Crippen molar-refractivity contribution in [2.45, 2.75) is 162 Å². The Labute approximate surface area is 445 Å². The van der Waals surface area contributed by atoms with Crippen molar-refractivity contribution in [1.82, 2.24) is 9.80 Å². The fourth-order valence-corrected chi connectivity index (χ4v) is 8.12. The summed E-state index contributed by atoms with van der Waals surface area (Å²) in [6.45, 7) is 10.0. The molecule has 2 saturated heterocycles. The molecule has 0 N–H and O–H groups in total. The smallest absolute Gasteiger partial charge is 0.417 e. The Kier molecular flexibility index (Phi) is 33.0. The van der Waals surface area contributed by atoms with E-state index in [1.54, 1.807) is 0 Å². The Morgan fingerprint density at radius 1 is 0.446 bits per heavy atom. The summed E-state index contributed by atoms with van der Waals surface area (Å²) in [5, 5.41) is 0. The monoisotopic (exact) mass is 1000 g/mol. The van der Waals surface area contributed by atoms with Crippen LogP contribution in [0.5, 0.6) is 0 Å². The molecule has 2 aliphatic rings. The molecule has 0 radical (unpaired) electrons. The number of imide groups is 2. The molecular formula is C66H86N2O6. The van der Waals surface area contributed by atoms with Crippen LogP contribution in [-0.4, -0.2) is 45.9 Å². The first kappa shape index (κ1) is 61.5. The van der Waals surface area contributed by atoms with Crippen molar-refractivity contribution in [3.63, 3.8) is 0 Å². The first-order chi connectivity index (χ1) is 36.2. The number of benzene rings is 2. The lowest BCUT2D eigenvalue weighted by Gasteiger charge is -2.23. The van der Waals surface area contributed by atoms with E-state index in [-0.39, 0.29) is 29.8 Å². The fourth-order valence-electron chi connectivity index (χ4n) is 8.12. The second-order valence-electron chi connectivity index (χ2n) is 18.1. The Balaban J connectivity index is 0.000000391. The van der Waals surface area contributed by atoms with Crippen LogP contribution in [-0.2, 0) is 19.1 Å². The number of allylic oxidation sites excluding steroid dienone is 24. The topological polar surface area (TPSA) is 93.2 Å². The molecule has 74 heavy (non-hydrogen) atoms. The molecule has 2 unspecified atom stereocenters. The molecule has 0 aliphatic carbocycles. The highest BCUT2D eigenvalue weighted by Gasteiger charge is 2.45. The molecule has 2 aliphatic heterocycles. The molecule has 2 fully saturated rings. The van der Waals surface area contributed by atoms with Crippen molar-refractivity contribution in [3.05, 3.63) is 218 Å². The molecule has 2 heterocycles. The highest BCUT2D eigenvalue weighted by Crippen LogP contribution is 2.35. The third kappa shape index (κ3) is 24.8. The van der Waals surface area contributed by atoms with Crippen LogP contribution in [0.1, 0.15) is 161 Å². The number of amides is 4. The van der Waals surface area contributed by atoms with E-state index in [0.717, 1.165) is 88.2 Å². The van der Waals surface area contributed by atoms with E-state index in [4.69, 9.17) is 9.47 Å². The van der Waals surface area contributed by atoms with Crippen molar-refractivity contribution in [2.24, 2.45) is 5.92 Å². The van der Waals surface area contributed by atoms with E-state index in [2.05, 4.69) is 148 Å². The van der Waals surface area contributed by atoms with Gasteiger partial charge in [0.15, 0.2) is 0 Å². The van der Waals surface area contributed by atoms with Crippen LogP contribution in [0.4, 0.5) is 9.59 Å². The van der Waals surface area contributed by atoms with Crippen LogP contribution in [0.3, 0.4) is 0 Å². The first-order valence-corrected chi connectivity index (χ1v) is 27.2. The summed E-state index contributed by atoms with van der Waals surface area (Å²) in [4.78, 5) is 53.1. The molecule has 0 aromatic heterocycles. The van der Waals surface area contributed by atoms with Crippen LogP contribution in [0.15, 0.2) is 206 Å². The van der Waals surface area contributed by atoms with Crippen molar-refractivity contribution in [2.75, 3.05) is 0 Å². The molecule has 396 valence electrons. The summed E-state index contributed by atoms with van der Waals surface area (Å²) in [7, 11) is 0. The third-order valence-corrected chi connectivity index (χ3v) is 12.3. The summed E-state index contributed by atoms with van der Waals surface area (Å²) in [6.07, 6.45) is 63.8. The number of carbonyl (C=O) groups excluding carboxylic acids is 4. The molecule has 8 nitrogen and oxygen atoms in total. The van der Waals surface area contributed by atoms with Gasteiger partial charge in [0, 0.05) is 12.3 Å². The van der Waals surface area contributed by atoms with Crippen molar-refractivity contribution in [1.29, 1.82) is 0 Å². The Morgan fingerprint density at radius 2 is 0.757 bits per heavy atom. The SMILES string of the molecule is CC/C=C\C/C=C\C/C=C\C/C=C\C/C=C\C/C=C\CCC(=O)N1C(=O)OC(c2ccccc2)[C@H]1C.CC/C=C\C/C=C\C/C=C\C/C=C\C/C=C\C/C=C\C[C@@H](CC)C(=O)N1C(=O)OC(c2ccccc2)[C@H]1C.